The Morgan fingerprint density at radius 1 is 0.380 bits per heavy atom. The van der Waals surface area contributed by atoms with Crippen molar-refractivity contribution in [3.63, 3.8) is 0 Å². The minimum absolute atomic E-state index is 0.104. The molecule has 11 rings (SSSR count). The van der Waals surface area contributed by atoms with Crippen LogP contribution in [-0.4, -0.2) is 0 Å². The van der Waals surface area contributed by atoms with Crippen LogP contribution in [0.3, 0.4) is 0 Å². The topological polar surface area (TPSA) is 13.1 Å². The van der Waals surface area contributed by atoms with Gasteiger partial charge in [-0.3, -0.25) is 0 Å². The second-order valence-electron chi connectivity index (χ2n) is 14.4. The lowest BCUT2D eigenvalue weighted by atomic mass is 9.79. The van der Waals surface area contributed by atoms with E-state index in [2.05, 4.69) is 166 Å². The predicted molar refractivity (Wildman–Crippen MR) is 212 cm³/mol. The molecular formula is C49H32O. The molecule has 0 N–H and O–H groups in total. The molecule has 0 atom stereocenters. The van der Waals surface area contributed by atoms with Crippen molar-refractivity contribution in [1.82, 2.24) is 0 Å². The summed E-state index contributed by atoms with van der Waals surface area (Å²) in [5, 5.41) is 12.5. The standard InChI is InChI=1S/C49H32O/c1-49(2)41-21-11-9-19-38(41)47-33-14-4-3-13-32(33)40(28-42(47)49)46-36-17-7-5-15-34(36)45(35-16-6-8-18-37(35)46)30-23-25-31-29(27-30)24-26-44-48(31)39-20-10-12-22-43(39)50-44/h3-28H,1-2H3. The van der Waals surface area contributed by atoms with Gasteiger partial charge in [0.05, 0.1) is 0 Å². The van der Waals surface area contributed by atoms with Crippen LogP contribution in [0.25, 0.3) is 98.4 Å². The first-order valence-electron chi connectivity index (χ1n) is 17.5. The van der Waals surface area contributed by atoms with Crippen LogP contribution < -0.4 is 0 Å². The third-order valence-corrected chi connectivity index (χ3v) is 11.4. The molecule has 1 heteroatoms. The van der Waals surface area contributed by atoms with Crippen molar-refractivity contribution < 1.29 is 4.42 Å². The molecule has 234 valence electrons. The summed E-state index contributed by atoms with van der Waals surface area (Å²) in [5.74, 6) is 0. The Balaban J connectivity index is 1.22. The SMILES string of the molecule is CC1(C)c2ccccc2-c2c1cc(-c1c3ccccc3c(-c3ccc4c(ccc5oc6ccccc6c54)c3)c3ccccc13)c1ccccc21. The summed E-state index contributed by atoms with van der Waals surface area (Å²) in [6.07, 6.45) is 0. The molecular weight excluding hydrogens is 605 g/mol. The van der Waals surface area contributed by atoms with Crippen molar-refractivity contribution >= 4 is 65.0 Å². The number of hydrogen-bond donors (Lipinski definition) is 0. The van der Waals surface area contributed by atoms with Crippen LogP contribution in [-0.2, 0) is 5.41 Å². The summed E-state index contributed by atoms with van der Waals surface area (Å²) < 4.78 is 6.24. The minimum atomic E-state index is -0.104. The summed E-state index contributed by atoms with van der Waals surface area (Å²) in [4.78, 5) is 0. The predicted octanol–water partition coefficient (Wildman–Crippen LogP) is 13.8. The molecule has 0 fully saturated rings. The van der Waals surface area contributed by atoms with E-state index in [1.54, 1.807) is 0 Å². The van der Waals surface area contributed by atoms with Crippen molar-refractivity contribution in [2.75, 3.05) is 0 Å². The van der Waals surface area contributed by atoms with Gasteiger partial charge in [0.2, 0.25) is 0 Å². The molecule has 50 heavy (non-hydrogen) atoms. The van der Waals surface area contributed by atoms with E-state index in [9.17, 15) is 0 Å². The molecule has 1 aromatic heterocycles. The van der Waals surface area contributed by atoms with Gasteiger partial charge in [0.1, 0.15) is 11.2 Å². The summed E-state index contributed by atoms with van der Waals surface area (Å²) in [6.45, 7) is 4.77. The lowest BCUT2D eigenvalue weighted by Gasteiger charge is -2.24. The molecule has 1 heterocycles. The lowest BCUT2D eigenvalue weighted by Crippen LogP contribution is -2.15. The first kappa shape index (κ1) is 27.7. The number of furan rings is 1. The smallest absolute Gasteiger partial charge is 0.136 e. The number of hydrogen-bond acceptors (Lipinski definition) is 1. The van der Waals surface area contributed by atoms with Crippen molar-refractivity contribution in [1.29, 1.82) is 0 Å². The zero-order valence-electron chi connectivity index (χ0n) is 27.9. The monoisotopic (exact) mass is 636 g/mol. The molecule has 1 aliphatic carbocycles. The fourth-order valence-electron chi connectivity index (χ4n) is 9.19. The number of para-hydroxylation sites is 1. The number of fused-ring (bicyclic) bond motifs is 12. The van der Waals surface area contributed by atoms with Crippen LogP contribution in [0.1, 0.15) is 25.0 Å². The zero-order valence-corrected chi connectivity index (χ0v) is 27.9. The van der Waals surface area contributed by atoms with Gasteiger partial charge in [-0.25, -0.2) is 0 Å². The van der Waals surface area contributed by atoms with Crippen LogP contribution in [0.4, 0.5) is 0 Å². The van der Waals surface area contributed by atoms with Gasteiger partial charge in [-0.15, -0.1) is 0 Å². The zero-order chi connectivity index (χ0) is 33.1. The Bertz CT molecular complexity index is 3010. The Morgan fingerprint density at radius 2 is 0.960 bits per heavy atom. The molecule has 1 nitrogen and oxygen atoms in total. The fourth-order valence-corrected chi connectivity index (χ4v) is 9.19. The quantitative estimate of drug-likeness (QED) is 0.172. The van der Waals surface area contributed by atoms with E-state index in [0.717, 1.165) is 16.6 Å². The van der Waals surface area contributed by atoms with E-state index >= 15 is 0 Å². The van der Waals surface area contributed by atoms with Crippen molar-refractivity contribution in [3.8, 4) is 33.4 Å². The second-order valence-corrected chi connectivity index (χ2v) is 14.4. The molecule has 10 aromatic rings. The minimum Gasteiger partial charge on any atom is -0.456 e. The molecule has 0 spiro atoms. The summed E-state index contributed by atoms with van der Waals surface area (Å²) in [6, 6.07) is 58.2. The summed E-state index contributed by atoms with van der Waals surface area (Å²) in [7, 11) is 0. The van der Waals surface area contributed by atoms with Gasteiger partial charge < -0.3 is 4.42 Å². The van der Waals surface area contributed by atoms with Gasteiger partial charge in [0.15, 0.2) is 0 Å². The van der Waals surface area contributed by atoms with Crippen LogP contribution >= 0.6 is 0 Å². The van der Waals surface area contributed by atoms with Gasteiger partial charge in [0.25, 0.3) is 0 Å². The van der Waals surface area contributed by atoms with Crippen LogP contribution in [0, 0.1) is 0 Å². The largest absolute Gasteiger partial charge is 0.456 e. The maximum atomic E-state index is 6.24. The summed E-state index contributed by atoms with van der Waals surface area (Å²) in [5.41, 5.74) is 12.4. The highest BCUT2D eigenvalue weighted by atomic mass is 16.3. The van der Waals surface area contributed by atoms with Gasteiger partial charge in [-0.2, -0.15) is 0 Å². The fraction of sp³-hybridized carbons (Fsp3) is 0.0612. The molecule has 9 aromatic carbocycles. The van der Waals surface area contributed by atoms with E-state index in [-0.39, 0.29) is 5.41 Å². The average Bonchev–Trinajstić information content (AvgIpc) is 3.66. The Hall–Kier alpha value is -6.18. The second kappa shape index (κ2) is 9.94. The molecule has 0 saturated heterocycles. The van der Waals surface area contributed by atoms with E-state index in [1.165, 1.54) is 93.0 Å². The highest BCUT2D eigenvalue weighted by Gasteiger charge is 2.37. The van der Waals surface area contributed by atoms with E-state index in [1.807, 2.05) is 6.07 Å². The molecule has 0 bridgehead atoms. The van der Waals surface area contributed by atoms with Crippen LogP contribution in [0.5, 0.6) is 0 Å². The highest BCUT2D eigenvalue weighted by molar-refractivity contribution is 6.25. The maximum Gasteiger partial charge on any atom is 0.136 e. The Morgan fingerprint density at radius 3 is 1.68 bits per heavy atom. The number of benzene rings is 9. The van der Waals surface area contributed by atoms with Crippen molar-refractivity contribution in [2.24, 2.45) is 0 Å². The Kier molecular flexibility index (Phi) is 5.51. The van der Waals surface area contributed by atoms with Crippen molar-refractivity contribution in [3.05, 3.63) is 169 Å². The Labute approximate surface area is 290 Å². The van der Waals surface area contributed by atoms with Gasteiger partial charge in [0, 0.05) is 16.2 Å². The van der Waals surface area contributed by atoms with Crippen LogP contribution in [0.2, 0.25) is 0 Å². The van der Waals surface area contributed by atoms with E-state index < -0.39 is 0 Å². The first-order chi connectivity index (χ1) is 24.6. The van der Waals surface area contributed by atoms with E-state index in [4.69, 9.17) is 4.42 Å². The van der Waals surface area contributed by atoms with Gasteiger partial charge in [-0.1, -0.05) is 147 Å². The molecule has 1 aliphatic rings. The normalized spacial score (nSPS) is 13.6. The van der Waals surface area contributed by atoms with Gasteiger partial charge >= 0.3 is 0 Å². The lowest BCUT2D eigenvalue weighted by molar-refractivity contribution is 0.661. The third-order valence-electron chi connectivity index (χ3n) is 11.4. The molecule has 0 unspecified atom stereocenters. The first-order valence-corrected chi connectivity index (χ1v) is 17.5. The number of rotatable bonds is 2. The average molecular weight is 637 g/mol. The molecule has 0 saturated carbocycles. The highest BCUT2D eigenvalue weighted by Crippen LogP contribution is 2.54. The van der Waals surface area contributed by atoms with Crippen LogP contribution in [0.15, 0.2) is 162 Å². The van der Waals surface area contributed by atoms with Gasteiger partial charge in [-0.05, 0) is 112 Å². The maximum absolute atomic E-state index is 6.24. The molecule has 0 amide bonds. The third kappa shape index (κ3) is 3.62. The molecule has 0 radical (unpaired) electrons. The van der Waals surface area contributed by atoms with Crippen molar-refractivity contribution in [2.45, 2.75) is 19.3 Å². The molecule has 0 aliphatic heterocycles. The summed E-state index contributed by atoms with van der Waals surface area (Å²) >= 11 is 0. The van der Waals surface area contributed by atoms with E-state index in [0.29, 0.717) is 0 Å².